The zero-order valence-corrected chi connectivity index (χ0v) is 13.3. The third-order valence-electron chi connectivity index (χ3n) is 5.81. The summed E-state index contributed by atoms with van der Waals surface area (Å²) < 4.78 is 6.34. The van der Waals surface area contributed by atoms with Crippen LogP contribution in [0.1, 0.15) is 38.5 Å². The average molecular weight is 318 g/mol. The van der Waals surface area contributed by atoms with Gasteiger partial charge in [-0.1, -0.05) is 0 Å². The van der Waals surface area contributed by atoms with Crippen molar-refractivity contribution in [3.05, 3.63) is 28.4 Å². The van der Waals surface area contributed by atoms with Gasteiger partial charge in [-0.3, -0.25) is 15.4 Å². The van der Waals surface area contributed by atoms with Crippen LogP contribution in [0.25, 0.3) is 0 Å². The van der Waals surface area contributed by atoms with E-state index in [9.17, 15) is 10.1 Å². The standard InChI is InChI=1S/C17H23N3O3/c21-20(22)15-1-2-16(19-11-15)18-3-4-23-17-8-12-5-13(9-17)7-14(6-12)10-17/h1-2,11-14H,3-10H2,(H,18,19)/p+1. The molecule has 4 fully saturated rings. The summed E-state index contributed by atoms with van der Waals surface area (Å²) in [5.41, 5.74) is 0.218. The van der Waals surface area contributed by atoms with Crippen molar-refractivity contribution < 1.29 is 14.6 Å². The second-order valence-electron chi connectivity index (χ2n) is 7.59. The fraction of sp³-hybridized carbons (Fsp3) is 0.706. The van der Waals surface area contributed by atoms with Crippen molar-refractivity contribution in [2.75, 3.05) is 18.5 Å². The zero-order chi connectivity index (χ0) is 15.9. The summed E-state index contributed by atoms with van der Waals surface area (Å²) in [6.07, 6.45) is 9.45. The van der Waals surface area contributed by atoms with E-state index in [0.717, 1.165) is 30.1 Å². The Balaban J connectivity index is 1.27. The Morgan fingerprint density at radius 2 is 1.87 bits per heavy atom. The Kier molecular flexibility index (Phi) is 3.71. The number of hydrogen-bond donors (Lipinski definition) is 1. The van der Waals surface area contributed by atoms with Crippen molar-refractivity contribution >= 4 is 11.5 Å². The Morgan fingerprint density at radius 1 is 1.22 bits per heavy atom. The Labute approximate surface area is 135 Å². The number of rotatable bonds is 6. The van der Waals surface area contributed by atoms with Gasteiger partial charge in [0.1, 0.15) is 6.54 Å². The van der Waals surface area contributed by atoms with E-state index in [4.69, 9.17) is 4.74 Å². The molecule has 2 N–H and O–H groups in total. The molecule has 23 heavy (non-hydrogen) atoms. The molecule has 4 saturated carbocycles. The number of anilines is 1. The quantitative estimate of drug-likeness (QED) is 0.497. The van der Waals surface area contributed by atoms with Gasteiger partial charge in [-0.05, 0) is 56.3 Å². The minimum absolute atomic E-state index is 0.0698. The molecule has 1 heterocycles. The van der Waals surface area contributed by atoms with Gasteiger partial charge in [-0.2, -0.15) is 0 Å². The maximum atomic E-state index is 10.6. The Morgan fingerprint density at radius 3 is 2.39 bits per heavy atom. The van der Waals surface area contributed by atoms with Gasteiger partial charge >= 0.3 is 5.69 Å². The van der Waals surface area contributed by atoms with E-state index in [1.54, 1.807) is 6.07 Å². The summed E-state index contributed by atoms with van der Waals surface area (Å²) in [6, 6.07) is 3.20. The monoisotopic (exact) mass is 318 g/mol. The summed E-state index contributed by atoms with van der Waals surface area (Å²) >= 11 is 0. The number of ether oxygens (including phenoxy) is 1. The highest BCUT2D eigenvalue weighted by molar-refractivity contribution is 5.34. The van der Waals surface area contributed by atoms with Crippen molar-refractivity contribution in [1.82, 2.24) is 0 Å². The number of hydrogen-bond acceptors (Lipinski definition) is 4. The van der Waals surface area contributed by atoms with Gasteiger partial charge in [-0.15, -0.1) is 0 Å². The first-order chi connectivity index (χ1) is 11.1. The lowest BCUT2D eigenvalue weighted by Gasteiger charge is -2.56. The van der Waals surface area contributed by atoms with Gasteiger partial charge in [0.05, 0.1) is 17.1 Å². The highest BCUT2D eigenvalue weighted by atomic mass is 16.6. The summed E-state index contributed by atoms with van der Waals surface area (Å²) in [5, 5.41) is 13.9. The average Bonchev–Trinajstić information content (AvgIpc) is 2.51. The summed E-state index contributed by atoms with van der Waals surface area (Å²) in [4.78, 5) is 13.1. The first-order valence-corrected chi connectivity index (χ1v) is 8.66. The molecule has 4 bridgehead atoms. The molecule has 4 aliphatic rings. The van der Waals surface area contributed by atoms with Gasteiger partial charge in [0, 0.05) is 12.1 Å². The molecule has 124 valence electrons. The fourth-order valence-corrected chi connectivity index (χ4v) is 5.30. The topological polar surface area (TPSA) is 78.5 Å². The number of nitro groups is 1. The van der Waals surface area contributed by atoms with Gasteiger partial charge in [-0.25, -0.2) is 4.98 Å². The Bertz CT molecular complexity index is 552. The zero-order valence-electron chi connectivity index (χ0n) is 13.3. The van der Waals surface area contributed by atoms with Crippen molar-refractivity contribution in [2.45, 2.75) is 44.1 Å². The number of nitrogens with one attached hydrogen (secondary N) is 2. The van der Waals surface area contributed by atoms with Crippen LogP contribution in [0.4, 0.5) is 11.5 Å². The number of aromatic nitrogens is 1. The summed E-state index contributed by atoms with van der Waals surface area (Å²) in [7, 11) is 0. The molecule has 0 aliphatic heterocycles. The number of H-pyrrole nitrogens is 1. The molecule has 6 heteroatoms. The van der Waals surface area contributed by atoms with Gasteiger partial charge in [0.15, 0.2) is 6.20 Å². The van der Waals surface area contributed by atoms with Crippen LogP contribution in [-0.2, 0) is 4.74 Å². The second-order valence-corrected chi connectivity index (χ2v) is 7.59. The molecule has 0 amide bonds. The van der Waals surface area contributed by atoms with Crippen molar-refractivity contribution in [2.24, 2.45) is 17.8 Å². The Hall–Kier alpha value is -1.69. The molecule has 5 rings (SSSR count). The minimum atomic E-state index is -0.406. The van der Waals surface area contributed by atoms with Crippen LogP contribution in [-0.4, -0.2) is 23.7 Å². The molecular weight excluding hydrogens is 294 g/mol. The SMILES string of the molecule is O=[N+]([O-])c1ccc(NCCOC23CC4CC(CC(C4)C2)C3)[nH+]c1. The lowest BCUT2D eigenvalue weighted by molar-refractivity contribution is -0.413. The fourth-order valence-electron chi connectivity index (χ4n) is 5.30. The van der Waals surface area contributed by atoms with Gasteiger partial charge < -0.3 is 4.74 Å². The summed E-state index contributed by atoms with van der Waals surface area (Å²) in [5.74, 6) is 3.48. The van der Waals surface area contributed by atoms with Crippen LogP contribution in [0.2, 0.25) is 0 Å². The van der Waals surface area contributed by atoms with E-state index in [0.29, 0.717) is 6.61 Å². The van der Waals surface area contributed by atoms with Crippen LogP contribution in [0.5, 0.6) is 0 Å². The van der Waals surface area contributed by atoms with Crippen LogP contribution in [0, 0.1) is 27.9 Å². The molecule has 0 aromatic carbocycles. The molecular formula is C17H24N3O3+. The highest BCUT2D eigenvalue weighted by Gasteiger charge is 2.51. The third-order valence-corrected chi connectivity index (χ3v) is 5.81. The lowest BCUT2D eigenvalue weighted by atomic mass is 9.54. The van der Waals surface area contributed by atoms with Crippen molar-refractivity contribution in [3.8, 4) is 0 Å². The van der Waals surface area contributed by atoms with Crippen LogP contribution < -0.4 is 10.3 Å². The predicted molar refractivity (Wildman–Crippen MR) is 85.0 cm³/mol. The molecule has 6 nitrogen and oxygen atoms in total. The molecule has 0 unspecified atom stereocenters. The lowest BCUT2D eigenvalue weighted by Crippen LogP contribution is -2.52. The van der Waals surface area contributed by atoms with Crippen LogP contribution in [0.15, 0.2) is 18.3 Å². The maximum absolute atomic E-state index is 10.6. The third kappa shape index (κ3) is 3.04. The van der Waals surface area contributed by atoms with Crippen molar-refractivity contribution in [3.63, 3.8) is 0 Å². The molecule has 0 spiro atoms. The molecule has 0 radical (unpaired) electrons. The van der Waals surface area contributed by atoms with E-state index >= 15 is 0 Å². The number of pyridine rings is 1. The molecule has 0 saturated heterocycles. The van der Waals surface area contributed by atoms with Crippen LogP contribution in [0.3, 0.4) is 0 Å². The maximum Gasteiger partial charge on any atom is 0.308 e. The molecule has 4 aliphatic carbocycles. The summed E-state index contributed by atoms with van der Waals surface area (Å²) in [6.45, 7) is 1.41. The highest BCUT2D eigenvalue weighted by Crippen LogP contribution is 2.57. The van der Waals surface area contributed by atoms with Gasteiger partial charge in [0.25, 0.3) is 5.82 Å². The molecule has 1 aromatic rings. The van der Waals surface area contributed by atoms with E-state index in [1.807, 2.05) is 0 Å². The van der Waals surface area contributed by atoms with E-state index in [1.165, 1.54) is 50.8 Å². The first kappa shape index (κ1) is 14.9. The number of nitrogens with zero attached hydrogens (tertiary/aromatic N) is 1. The van der Waals surface area contributed by atoms with E-state index in [2.05, 4.69) is 10.3 Å². The van der Waals surface area contributed by atoms with E-state index < -0.39 is 4.92 Å². The van der Waals surface area contributed by atoms with Gasteiger partial charge in [0.2, 0.25) is 0 Å². The number of aromatic amines is 1. The second kappa shape index (κ2) is 5.74. The minimum Gasteiger partial charge on any atom is -0.371 e. The normalized spacial score (nSPS) is 34.5. The molecule has 1 aromatic heterocycles. The molecule has 0 atom stereocenters. The predicted octanol–water partition coefficient (Wildman–Crippen LogP) is 2.81. The largest absolute Gasteiger partial charge is 0.371 e. The smallest absolute Gasteiger partial charge is 0.308 e. The van der Waals surface area contributed by atoms with Crippen LogP contribution >= 0.6 is 0 Å². The van der Waals surface area contributed by atoms with Crippen molar-refractivity contribution in [1.29, 1.82) is 0 Å². The first-order valence-electron chi connectivity index (χ1n) is 8.66. The van der Waals surface area contributed by atoms with E-state index in [-0.39, 0.29) is 11.3 Å².